The van der Waals surface area contributed by atoms with E-state index in [9.17, 15) is 9.59 Å². The minimum atomic E-state index is -0.588. The molecule has 0 aliphatic heterocycles. The second kappa shape index (κ2) is 9.44. The molecule has 0 heterocycles. The molecule has 1 N–H and O–H groups in total. The molecule has 1 amide bonds. The normalized spacial score (nSPS) is 10.3. The maximum atomic E-state index is 11.5. The van der Waals surface area contributed by atoms with Gasteiger partial charge in [0.25, 0.3) is 5.91 Å². The summed E-state index contributed by atoms with van der Waals surface area (Å²) in [5, 5.41) is 2.36. The Hall–Kier alpha value is -2.50. The van der Waals surface area contributed by atoms with Crippen molar-refractivity contribution in [2.75, 3.05) is 26.9 Å². The van der Waals surface area contributed by atoms with E-state index in [-0.39, 0.29) is 12.5 Å². The molecule has 0 atom stereocenters. The fraction of sp³-hybridized carbons (Fsp3) is 0.375. The van der Waals surface area contributed by atoms with Gasteiger partial charge in [-0.25, -0.2) is 4.79 Å². The average molecular weight is 307 g/mol. The van der Waals surface area contributed by atoms with Gasteiger partial charge in [-0.1, -0.05) is 6.07 Å². The molecule has 0 aliphatic rings. The van der Waals surface area contributed by atoms with Crippen LogP contribution in [0.4, 0.5) is 0 Å². The molecule has 0 saturated carbocycles. The van der Waals surface area contributed by atoms with Gasteiger partial charge in [0.1, 0.15) is 0 Å². The Bertz CT molecular complexity index is 539. The zero-order chi connectivity index (χ0) is 16.4. The number of carbonyl (C=O) groups is 2. The van der Waals surface area contributed by atoms with Crippen molar-refractivity contribution in [2.45, 2.75) is 13.8 Å². The SMILES string of the molecule is CCOc1ccc(/C=C/C(=O)OCC(=O)NC)cc1OCC. The van der Waals surface area contributed by atoms with E-state index in [1.807, 2.05) is 13.8 Å². The highest BCUT2D eigenvalue weighted by atomic mass is 16.5. The average Bonchev–Trinajstić information content (AvgIpc) is 2.53. The molecular formula is C16H21NO5. The molecule has 0 unspecified atom stereocenters. The van der Waals surface area contributed by atoms with Crippen LogP contribution in [0, 0.1) is 0 Å². The first kappa shape index (κ1) is 17.6. The third-order valence-corrected chi connectivity index (χ3v) is 2.60. The lowest BCUT2D eigenvalue weighted by Crippen LogP contribution is -2.24. The number of ether oxygens (including phenoxy) is 3. The zero-order valence-corrected chi connectivity index (χ0v) is 13.0. The van der Waals surface area contributed by atoms with Gasteiger partial charge < -0.3 is 19.5 Å². The van der Waals surface area contributed by atoms with E-state index in [1.54, 1.807) is 24.3 Å². The summed E-state index contributed by atoms with van der Waals surface area (Å²) in [7, 11) is 1.47. The molecule has 1 rings (SSSR count). The van der Waals surface area contributed by atoms with Gasteiger partial charge in [-0.15, -0.1) is 0 Å². The van der Waals surface area contributed by atoms with Crippen LogP contribution in [0.2, 0.25) is 0 Å². The van der Waals surface area contributed by atoms with Crippen molar-refractivity contribution in [3.8, 4) is 11.5 Å². The van der Waals surface area contributed by atoms with Crippen LogP contribution in [-0.2, 0) is 14.3 Å². The third-order valence-electron chi connectivity index (χ3n) is 2.60. The number of carbonyl (C=O) groups excluding carboxylic acids is 2. The van der Waals surface area contributed by atoms with Crippen molar-refractivity contribution in [3.63, 3.8) is 0 Å². The summed E-state index contributed by atoms with van der Waals surface area (Å²) in [5.74, 6) is 0.325. The maximum absolute atomic E-state index is 11.5. The second-order valence-corrected chi connectivity index (χ2v) is 4.19. The maximum Gasteiger partial charge on any atom is 0.331 e. The van der Waals surface area contributed by atoms with Crippen LogP contribution < -0.4 is 14.8 Å². The minimum Gasteiger partial charge on any atom is -0.490 e. The van der Waals surface area contributed by atoms with Gasteiger partial charge in [-0.3, -0.25) is 4.79 Å². The van der Waals surface area contributed by atoms with Crippen molar-refractivity contribution >= 4 is 18.0 Å². The fourth-order valence-electron chi connectivity index (χ4n) is 1.59. The molecule has 0 saturated heterocycles. The Labute approximate surface area is 130 Å². The van der Waals surface area contributed by atoms with E-state index in [4.69, 9.17) is 14.2 Å². The van der Waals surface area contributed by atoms with Gasteiger partial charge >= 0.3 is 5.97 Å². The number of hydrogen-bond acceptors (Lipinski definition) is 5. The van der Waals surface area contributed by atoms with Crippen LogP contribution >= 0.6 is 0 Å². The number of likely N-dealkylation sites (N-methyl/N-ethyl adjacent to an activating group) is 1. The molecule has 1 aromatic rings. The first-order valence-corrected chi connectivity index (χ1v) is 7.05. The molecule has 0 radical (unpaired) electrons. The van der Waals surface area contributed by atoms with Crippen molar-refractivity contribution in [1.29, 1.82) is 0 Å². The van der Waals surface area contributed by atoms with Crippen molar-refractivity contribution in [3.05, 3.63) is 29.8 Å². The van der Waals surface area contributed by atoms with Gasteiger partial charge in [0, 0.05) is 13.1 Å². The number of nitrogens with one attached hydrogen (secondary N) is 1. The number of benzene rings is 1. The summed E-state index contributed by atoms with van der Waals surface area (Å²) in [6.45, 7) is 4.54. The van der Waals surface area contributed by atoms with E-state index < -0.39 is 5.97 Å². The summed E-state index contributed by atoms with van der Waals surface area (Å²) < 4.78 is 15.7. The van der Waals surface area contributed by atoms with Gasteiger partial charge in [-0.2, -0.15) is 0 Å². The Morgan fingerprint density at radius 3 is 2.45 bits per heavy atom. The van der Waals surface area contributed by atoms with E-state index in [0.717, 1.165) is 5.56 Å². The molecular weight excluding hydrogens is 286 g/mol. The van der Waals surface area contributed by atoms with Crippen molar-refractivity contribution < 1.29 is 23.8 Å². The molecule has 0 aromatic heterocycles. The molecule has 22 heavy (non-hydrogen) atoms. The highest BCUT2D eigenvalue weighted by Gasteiger charge is 2.06. The topological polar surface area (TPSA) is 73.9 Å². The number of rotatable bonds is 8. The summed E-state index contributed by atoms with van der Waals surface area (Å²) in [6.07, 6.45) is 2.85. The van der Waals surface area contributed by atoms with Crippen molar-refractivity contribution in [2.24, 2.45) is 0 Å². The standard InChI is InChI=1S/C16H21NO5/c1-4-20-13-8-6-12(10-14(13)21-5-2)7-9-16(19)22-11-15(18)17-3/h6-10H,4-5,11H2,1-3H3,(H,17,18)/b9-7+. The van der Waals surface area contributed by atoms with Gasteiger partial charge in [0.15, 0.2) is 18.1 Å². The molecule has 6 heteroatoms. The quantitative estimate of drug-likeness (QED) is 0.585. The summed E-state index contributed by atoms with van der Waals surface area (Å²) >= 11 is 0. The predicted molar refractivity (Wildman–Crippen MR) is 82.8 cm³/mol. The molecule has 0 aliphatic carbocycles. The smallest absolute Gasteiger partial charge is 0.331 e. The van der Waals surface area contributed by atoms with E-state index in [0.29, 0.717) is 24.7 Å². The van der Waals surface area contributed by atoms with Gasteiger partial charge in [-0.05, 0) is 37.6 Å². The largest absolute Gasteiger partial charge is 0.490 e. The third kappa shape index (κ3) is 5.87. The van der Waals surface area contributed by atoms with E-state index >= 15 is 0 Å². The first-order chi connectivity index (χ1) is 10.6. The van der Waals surface area contributed by atoms with Crippen molar-refractivity contribution in [1.82, 2.24) is 5.32 Å². The first-order valence-electron chi connectivity index (χ1n) is 7.05. The molecule has 120 valence electrons. The summed E-state index contributed by atoms with van der Waals surface area (Å²) in [4.78, 5) is 22.4. The summed E-state index contributed by atoms with van der Waals surface area (Å²) in [5.41, 5.74) is 0.767. The molecule has 1 aromatic carbocycles. The van der Waals surface area contributed by atoms with Gasteiger partial charge in [0.2, 0.25) is 0 Å². The fourth-order valence-corrected chi connectivity index (χ4v) is 1.59. The van der Waals surface area contributed by atoms with E-state index in [1.165, 1.54) is 13.1 Å². The Morgan fingerprint density at radius 2 is 1.82 bits per heavy atom. The number of hydrogen-bond donors (Lipinski definition) is 1. The molecule has 0 fully saturated rings. The monoisotopic (exact) mass is 307 g/mol. The lowest BCUT2D eigenvalue weighted by molar-refractivity contribution is -0.143. The Morgan fingerprint density at radius 1 is 1.14 bits per heavy atom. The number of amides is 1. The highest BCUT2D eigenvalue weighted by Crippen LogP contribution is 2.28. The van der Waals surface area contributed by atoms with Crippen LogP contribution in [0.25, 0.3) is 6.08 Å². The van der Waals surface area contributed by atoms with E-state index in [2.05, 4.69) is 5.32 Å². The Balaban J connectivity index is 2.71. The molecule has 0 spiro atoms. The zero-order valence-electron chi connectivity index (χ0n) is 13.0. The summed E-state index contributed by atoms with van der Waals surface area (Å²) in [6, 6.07) is 5.36. The van der Waals surface area contributed by atoms with Crippen LogP contribution in [0.1, 0.15) is 19.4 Å². The number of esters is 1. The Kier molecular flexibility index (Phi) is 7.53. The lowest BCUT2D eigenvalue weighted by Gasteiger charge is -2.11. The van der Waals surface area contributed by atoms with Gasteiger partial charge in [0.05, 0.1) is 13.2 Å². The predicted octanol–water partition coefficient (Wildman–Crippen LogP) is 1.79. The van der Waals surface area contributed by atoms with Crippen LogP contribution in [0.3, 0.4) is 0 Å². The van der Waals surface area contributed by atoms with Crippen LogP contribution in [0.5, 0.6) is 11.5 Å². The molecule has 0 bridgehead atoms. The van der Waals surface area contributed by atoms with Crippen LogP contribution in [-0.4, -0.2) is 38.7 Å². The second-order valence-electron chi connectivity index (χ2n) is 4.19. The lowest BCUT2D eigenvalue weighted by atomic mass is 10.2. The minimum absolute atomic E-state index is 0.298. The van der Waals surface area contributed by atoms with Crippen LogP contribution in [0.15, 0.2) is 24.3 Å². The molecule has 6 nitrogen and oxygen atoms in total. The highest BCUT2D eigenvalue weighted by molar-refractivity contribution is 5.89.